The topological polar surface area (TPSA) is 151 Å². The number of hydrogen-bond donors (Lipinski definition) is 1. The molecular formula is C15H27NO8S-2. The van der Waals surface area contributed by atoms with Crippen LogP contribution in [0.3, 0.4) is 0 Å². The molecule has 0 aromatic rings. The number of aliphatic carboxylic acids is 1. The third kappa shape index (κ3) is 8.43. The molecule has 6 atom stereocenters. The summed E-state index contributed by atoms with van der Waals surface area (Å²) in [5.41, 5.74) is 5.68. The molecule has 0 aliphatic carbocycles. The maximum atomic E-state index is 10.4. The SMILES string of the molecule is CC1CC(COS(=O)(=O)[O-])OCC1N.CC1COC(C(=O)[O-])CC1C. The molecule has 0 radical (unpaired) electrons. The highest BCUT2D eigenvalue weighted by atomic mass is 32.3. The van der Waals surface area contributed by atoms with Crippen molar-refractivity contribution in [3.05, 3.63) is 0 Å². The van der Waals surface area contributed by atoms with Crippen LogP contribution in [0.1, 0.15) is 33.6 Å². The maximum absolute atomic E-state index is 10.4. The van der Waals surface area contributed by atoms with Crippen molar-refractivity contribution in [2.45, 2.75) is 51.9 Å². The van der Waals surface area contributed by atoms with Gasteiger partial charge in [-0.3, -0.25) is 4.18 Å². The smallest absolute Gasteiger partial charge is 0.217 e. The third-order valence-corrected chi connectivity index (χ3v) is 5.09. The second kappa shape index (κ2) is 9.79. The van der Waals surface area contributed by atoms with Crippen LogP contribution in [-0.4, -0.2) is 57.0 Å². The number of hydrogen-bond acceptors (Lipinski definition) is 9. The van der Waals surface area contributed by atoms with Crippen LogP contribution in [0.15, 0.2) is 0 Å². The fourth-order valence-electron chi connectivity index (χ4n) is 2.58. The van der Waals surface area contributed by atoms with E-state index in [0.29, 0.717) is 37.9 Å². The summed E-state index contributed by atoms with van der Waals surface area (Å²) in [5, 5.41) is 10.4. The van der Waals surface area contributed by atoms with Gasteiger partial charge >= 0.3 is 0 Å². The Bertz CT molecular complexity index is 526. The summed E-state index contributed by atoms with van der Waals surface area (Å²) in [6.45, 7) is 6.75. The number of carboxylic acid groups (broad SMARTS) is 1. The van der Waals surface area contributed by atoms with Gasteiger partial charge in [-0.2, -0.15) is 0 Å². The lowest BCUT2D eigenvalue weighted by atomic mass is 9.89. The van der Waals surface area contributed by atoms with Crippen molar-refractivity contribution in [1.29, 1.82) is 0 Å². The van der Waals surface area contributed by atoms with Gasteiger partial charge in [0.25, 0.3) is 0 Å². The van der Waals surface area contributed by atoms with E-state index in [9.17, 15) is 22.9 Å². The molecule has 2 aliphatic rings. The van der Waals surface area contributed by atoms with Gasteiger partial charge in [0, 0.05) is 6.04 Å². The normalized spacial score (nSPS) is 36.2. The molecule has 0 aromatic heterocycles. The van der Waals surface area contributed by atoms with Crippen LogP contribution in [0.2, 0.25) is 0 Å². The molecule has 2 N–H and O–H groups in total. The number of ether oxygens (including phenoxy) is 2. The minimum Gasteiger partial charge on any atom is -0.726 e. The summed E-state index contributed by atoms with van der Waals surface area (Å²) in [6.07, 6.45) is 0.162. The molecule has 0 saturated carbocycles. The van der Waals surface area contributed by atoms with Crippen molar-refractivity contribution >= 4 is 16.4 Å². The lowest BCUT2D eigenvalue weighted by Crippen LogP contribution is -2.43. The molecule has 2 heterocycles. The first-order valence-electron chi connectivity index (χ1n) is 8.29. The van der Waals surface area contributed by atoms with Gasteiger partial charge in [0.05, 0.1) is 38.0 Å². The average Bonchev–Trinajstić information content (AvgIpc) is 2.51. The average molecular weight is 381 g/mol. The van der Waals surface area contributed by atoms with Crippen molar-refractivity contribution in [1.82, 2.24) is 0 Å². The summed E-state index contributed by atoms with van der Waals surface area (Å²) in [4.78, 5) is 10.4. The summed E-state index contributed by atoms with van der Waals surface area (Å²) < 4.78 is 44.9. The highest BCUT2D eigenvalue weighted by Crippen LogP contribution is 2.24. The Kier molecular flexibility index (Phi) is 8.72. The first-order valence-corrected chi connectivity index (χ1v) is 9.62. The Morgan fingerprint density at radius 2 is 1.76 bits per heavy atom. The number of carboxylic acids is 1. The summed E-state index contributed by atoms with van der Waals surface area (Å²) >= 11 is 0. The van der Waals surface area contributed by atoms with Crippen molar-refractivity contribution in [2.24, 2.45) is 23.5 Å². The zero-order chi connectivity index (χ0) is 19.2. The third-order valence-electron chi connectivity index (χ3n) is 4.67. The molecule has 2 aliphatic heterocycles. The second-order valence-electron chi connectivity index (χ2n) is 6.86. The van der Waals surface area contributed by atoms with E-state index in [1.807, 2.05) is 13.8 Å². The monoisotopic (exact) mass is 381 g/mol. The van der Waals surface area contributed by atoms with Crippen molar-refractivity contribution in [3.8, 4) is 0 Å². The van der Waals surface area contributed by atoms with Crippen LogP contribution in [0, 0.1) is 17.8 Å². The zero-order valence-electron chi connectivity index (χ0n) is 14.8. The molecule has 0 amide bonds. The molecule has 2 fully saturated rings. The van der Waals surface area contributed by atoms with Gasteiger partial charge in [-0.1, -0.05) is 20.8 Å². The van der Waals surface area contributed by atoms with E-state index in [4.69, 9.17) is 15.2 Å². The number of nitrogens with two attached hydrogens (primary N) is 1. The summed E-state index contributed by atoms with van der Waals surface area (Å²) in [5.74, 6) is 0.0488. The highest BCUT2D eigenvalue weighted by molar-refractivity contribution is 7.80. The van der Waals surface area contributed by atoms with Gasteiger partial charge in [-0.25, -0.2) is 8.42 Å². The molecule has 9 nitrogen and oxygen atoms in total. The van der Waals surface area contributed by atoms with Crippen LogP contribution < -0.4 is 10.8 Å². The summed E-state index contributed by atoms with van der Waals surface area (Å²) in [7, 11) is -4.62. The van der Waals surface area contributed by atoms with E-state index >= 15 is 0 Å². The van der Waals surface area contributed by atoms with Crippen LogP contribution in [0.25, 0.3) is 0 Å². The Hall–Kier alpha value is -0.780. The lowest BCUT2D eigenvalue weighted by Gasteiger charge is -2.32. The number of rotatable bonds is 4. The predicted octanol–water partition coefficient (Wildman–Crippen LogP) is -0.987. The Morgan fingerprint density at radius 1 is 1.12 bits per heavy atom. The standard InChI is InChI=1S/C8H14O3.C7H15NO5S/c1-5-3-7(8(9)10)11-4-6(5)2;1-5-2-6(12-4-7(5)8)3-13-14(9,10)11/h5-7H,3-4H2,1-2H3,(H,9,10);5-7H,2-4,8H2,1H3,(H,9,10,11)/p-2. The summed E-state index contributed by atoms with van der Waals surface area (Å²) in [6, 6.07) is -0.0323. The van der Waals surface area contributed by atoms with Crippen molar-refractivity contribution in [2.75, 3.05) is 19.8 Å². The predicted molar refractivity (Wildman–Crippen MR) is 84.8 cm³/mol. The lowest BCUT2D eigenvalue weighted by molar-refractivity contribution is -0.319. The van der Waals surface area contributed by atoms with Gasteiger partial charge in [-0.15, -0.1) is 0 Å². The molecule has 6 unspecified atom stereocenters. The zero-order valence-corrected chi connectivity index (χ0v) is 15.6. The Balaban J connectivity index is 0.000000257. The number of carbonyl (C=O) groups excluding carboxylic acids is 1. The molecule has 2 saturated heterocycles. The fraction of sp³-hybridized carbons (Fsp3) is 0.933. The minimum absolute atomic E-state index is 0.0323. The van der Waals surface area contributed by atoms with Crippen LogP contribution in [0.4, 0.5) is 0 Å². The molecule has 0 bridgehead atoms. The van der Waals surface area contributed by atoms with Crippen LogP contribution in [0.5, 0.6) is 0 Å². The molecule has 0 aromatic carbocycles. The van der Waals surface area contributed by atoms with E-state index in [-0.39, 0.29) is 24.7 Å². The van der Waals surface area contributed by atoms with Gasteiger partial charge in [0.2, 0.25) is 10.4 Å². The van der Waals surface area contributed by atoms with Gasteiger partial charge in [0.1, 0.15) is 0 Å². The highest BCUT2D eigenvalue weighted by Gasteiger charge is 2.26. The first-order chi connectivity index (χ1) is 11.5. The molecule has 0 spiro atoms. The van der Waals surface area contributed by atoms with Gasteiger partial charge in [0.15, 0.2) is 0 Å². The molecular weight excluding hydrogens is 354 g/mol. The van der Waals surface area contributed by atoms with E-state index < -0.39 is 22.5 Å². The van der Waals surface area contributed by atoms with E-state index in [1.165, 1.54) is 0 Å². The molecule has 10 heteroatoms. The fourth-order valence-corrected chi connectivity index (χ4v) is 2.90. The minimum atomic E-state index is -4.62. The van der Waals surface area contributed by atoms with Gasteiger partial charge in [-0.05, 0) is 30.6 Å². The maximum Gasteiger partial charge on any atom is 0.217 e. The molecule has 148 valence electrons. The van der Waals surface area contributed by atoms with Crippen molar-refractivity contribution in [3.63, 3.8) is 0 Å². The Morgan fingerprint density at radius 3 is 2.24 bits per heavy atom. The largest absolute Gasteiger partial charge is 0.726 e. The van der Waals surface area contributed by atoms with E-state index in [2.05, 4.69) is 11.1 Å². The van der Waals surface area contributed by atoms with E-state index in [0.717, 1.165) is 0 Å². The molecule has 25 heavy (non-hydrogen) atoms. The second-order valence-corrected chi connectivity index (χ2v) is 7.91. The van der Waals surface area contributed by atoms with Crippen molar-refractivity contribution < 1.29 is 36.5 Å². The van der Waals surface area contributed by atoms with Crippen LogP contribution >= 0.6 is 0 Å². The van der Waals surface area contributed by atoms with Crippen LogP contribution in [-0.2, 0) is 28.9 Å². The van der Waals surface area contributed by atoms with E-state index in [1.54, 1.807) is 0 Å². The quantitative estimate of drug-likeness (QED) is 0.478. The molecule has 2 rings (SSSR count). The Labute approximate surface area is 148 Å². The number of carbonyl (C=O) groups is 1. The van der Waals surface area contributed by atoms with Gasteiger partial charge < -0.3 is 29.7 Å². The first kappa shape index (κ1) is 22.3.